The van der Waals surface area contributed by atoms with Gasteiger partial charge in [-0.2, -0.15) is 0 Å². The molecule has 144 valence electrons. The molecule has 5 rings (SSSR count). The van der Waals surface area contributed by atoms with Gasteiger partial charge in [0.15, 0.2) is 5.65 Å². The Morgan fingerprint density at radius 3 is 3.18 bits per heavy atom. The molecule has 0 spiro atoms. The van der Waals surface area contributed by atoms with Crippen LogP contribution in [-0.4, -0.2) is 51.3 Å². The highest BCUT2D eigenvalue weighted by Gasteiger charge is 2.26. The lowest BCUT2D eigenvalue weighted by Crippen LogP contribution is -2.35. The number of carbonyl (C=O) groups excluding carboxylic acids is 1. The maximum absolute atomic E-state index is 12.6. The van der Waals surface area contributed by atoms with E-state index in [1.54, 1.807) is 10.7 Å². The molecule has 2 amide bonds. The van der Waals surface area contributed by atoms with Gasteiger partial charge in [-0.15, -0.1) is 5.10 Å². The predicted octanol–water partition coefficient (Wildman–Crippen LogP) is 2.77. The van der Waals surface area contributed by atoms with Crippen LogP contribution in [0.25, 0.3) is 5.65 Å². The second kappa shape index (κ2) is 7.03. The van der Waals surface area contributed by atoms with E-state index in [4.69, 9.17) is 4.74 Å². The predicted molar refractivity (Wildman–Crippen MR) is 106 cm³/mol. The summed E-state index contributed by atoms with van der Waals surface area (Å²) in [5.41, 5.74) is 2.79. The number of fused-ring (bicyclic) bond motifs is 2. The van der Waals surface area contributed by atoms with Crippen molar-refractivity contribution in [2.45, 2.75) is 25.3 Å². The standard InChI is InChI=1S/C20H22N6O2/c27-20(23-15-3-4-17-14(12-15)2-1-11-28-17)25-9-7-16(13-25)22-18-5-6-19-21-8-10-26(19)24-18/h3-6,8,10,12,16H,1-2,7,9,11,13H2,(H,22,24)(H,23,27)/t16-/m1/s1. The molecule has 1 saturated heterocycles. The van der Waals surface area contributed by atoms with E-state index in [2.05, 4.69) is 20.7 Å². The number of imidazole rings is 1. The number of likely N-dealkylation sites (tertiary alicyclic amines) is 1. The number of aromatic nitrogens is 3. The fourth-order valence-electron chi connectivity index (χ4n) is 3.80. The van der Waals surface area contributed by atoms with Gasteiger partial charge in [-0.05, 0) is 55.2 Å². The van der Waals surface area contributed by atoms with Crippen molar-refractivity contribution in [3.05, 3.63) is 48.3 Å². The van der Waals surface area contributed by atoms with E-state index in [1.165, 1.54) is 0 Å². The summed E-state index contributed by atoms with van der Waals surface area (Å²) in [7, 11) is 0. The van der Waals surface area contributed by atoms with Crippen molar-refractivity contribution in [1.82, 2.24) is 19.5 Å². The highest BCUT2D eigenvalue weighted by molar-refractivity contribution is 5.89. The topological polar surface area (TPSA) is 83.8 Å². The summed E-state index contributed by atoms with van der Waals surface area (Å²) >= 11 is 0. The Hall–Kier alpha value is -3.29. The molecule has 2 N–H and O–H groups in total. The first-order valence-electron chi connectivity index (χ1n) is 9.63. The first-order valence-corrected chi connectivity index (χ1v) is 9.63. The Bertz CT molecular complexity index is 1020. The molecule has 0 radical (unpaired) electrons. The average molecular weight is 378 g/mol. The molecule has 1 atom stereocenters. The van der Waals surface area contributed by atoms with Crippen molar-refractivity contribution < 1.29 is 9.53 Å². The first-order chi connectivity index (χ1) is 13.7. The Morgan fingerprint density at radius 1 is 1.25 bits per heavy atom. The van der Waals surface area contributed by atoms with Crippen molar-refractivity contribution in [3.63, 3.8) is 0 Å². The molecule has 0 aliphatic carbocycles. The van der Waals surface area contributed by atoms with E-state index in [-0.39, 0.29) is 12.1 Å². The van der Waals surface area contributed by atoms with Gasteiger partial charge >= 0.3 is 6.03 Å². The zero-order valence-corrected chi connectivity index (χ0v) is 15.5. The first kappa shape index (κ1) is 16.9. The number of amides is 2. The van der Waals surface area contributed by atoms with Crippen LogP contribution in [0.2, 0.25) is 0 Å². The van der Waals surface area contributed by atoms with Crippen molar-refractivity contribution in [3.8, 4) is 5.75 Å². The second-order valence-electron chi connectivity index (χ2n) is 7.23. The lowest BCUT2D eigenvalue weighted by Gasteiger charge is -2.20. The highest BCUT2D eigenvalue weighted by Crippen LogP contribution is 2.28. The Kier molecular flexibility index (Phi) is 4.23. The van der Waals surface area contributed by atoms with Crippen LogP contribution in [0.5, 0.6) is 5.75 Å². The number of nitrogens with zero attached hydrogens (tertiary/aromatic N) is 4. The molecule has 0 unspecified atom stereocenters. The molecule has 1 aromatic carbocycles. The van der Waals surface area contributed by atoms with Crippen molar-refractivity contribution in [1.29, 1.82) is 0 Å². The maximum Gasteiger partial charge on any atom is 0.321 e. The van der Waals surface area contributed by atoms with Gasteiger partial charge in [0.05, 0.1) is 6.61 Å². The second-order valence-corrected chi connectivity index (χ2v) is 7.23. The molecular formula is C20H22N6O2. The summed E-state index contributed by atoms with van der Waals surface area (Å²) < 4.78 is 7.37. The SMILES string of the molecule is O=C(Nc1ccc2c(c1)CCCO2)N1CC[C@@H](Nc2ccc3nccn3n2)C1. The normalized spacial score (nSPS) is 18.6. The molecule has 2 aromatic heterocycles. The van der Waals surface area contributed by atoms with Gasteiger partial charge in [0.25, 0.3) is 0 Å². The minimum absolute atomic E-state index is 0.0704. The Balaban J connectivity index is 1.20. The number of ether oxygens (including phenoxy) is 1. The van der Waals surface area contributed by atoms with Crippen LogP contribution in [0, 0.1) is 0 Å². The number of hydrogen-bond acceptors (Lipinski definition) is 5. The van der Waals surface area contributed by atoms with Crippen LogP contribution in [0.1, 0.15) is 18.4 Å². The van der Waals surface area contributed by atoms with Crippen molar-refractivity contribution in [2.24, 2.45) is 0 Å². The highest BCUT2D eigenvalue weighted by atomic mass is 16.5. The van der Waals surface area contributed by atoms with Crippen LogP contribution in [0.15, 0.2) is 42.7 Å². The van der Waals surface area contributed by atoms with Gasteiger partial charge in [-0.1, -0.05) is 0 Å². The maximum atomic E-state index is 12.6. The van der Waals surface area contributed by atoms with E-state index in [0.717, 1.165) is 54.3 Å². The molecule has 2 aliphatic heterocycles. The number of rotatable bonds is 3. The molecule has 4 heterocycles. The fourth-order valence-corrected chi connectivity index (χ4v) is 3.80. The van der Waals surface area contributed by atoms with Gasteiger partial charge < -0.3 is 20.3 Å². The minimum atomic E-state index is -0.0704. The summed E-state index contributed by atoms with van der Waals surface area (Å²) in [6.45, 7) is 2.12. The van der Waals surface area contributed by atoms with E-state index < -0.39 is 0 Å². The van der Waals surface area contributed by atoms with E-state index in [1.807, 2.05) is 41.4 Å². The zero-order valence-electron chi connectivity index (χ0n) is 15.5. The quantitative estimate of drug-likeness (QED) is 0.732. The van der Waals surface area contributed by atoms with Gasteiger partial charge in [0.1, 0.15) is 11.6 Å². The Morgan fingerprint density at radius 2 is 2.21 bits per heavy atom. The average Bonchev–Trinajstić information content (AvgIpc) is 3.37. The third-order valence-electron chi connectivity index (χ3n) is 5.24. The van der Waals surface area contributed by atoms with Gasteiger partial charge in [-0.3, -0.25) is 0 Å². The largest absolute Gasteiger partial charge is 0.493 e. The molecule has 8 nitrogen and oxygen atoms in total. The molecule has 1 fully saturated rings. The number of hydrogen-bond donors (Lipinski definition) is 2. The third kappa shape index (κ3) is 3.33. The number of anilines is 2. The van der Waals surface area contributed by atoms with Crippen LogP contribution in [0.4, 0.5) is 16.3 Å². The van der Waals surface area contributed by atoms with E-state index in [9.17, 15) is 4.79 Å². The van der Waals surface area contributed by atoms with Crippen LogP contribution in [0.3, 0.4) is 0 Å². The van der Waals surface area contributed by atoms with Crippen molar-refractivity contribution in [2.75, 3.05) is 30.3 Å². The minimum Gasteiger partial charge on any atom is -0.493 e. The van der Waals surface area contributed by atoms with Crippen LogP contribution < -0.4 is 15.4 Å². The molecule has 2 aliphatic rings. The lowest BCUT2D eigenvalue weighted by molar-refractivity contribution is 0.222. The summed E-state index contributed by atoms with van der Waals surface area (Å²) in [6.07, 6.45) is 6.43. The number of aryl methyl sites for hydroxylation is 1. The number of urea groups is 1. The summed E-state index contributed by atoms with van der Waals surface area (Å²) in [5.74, 6) is 1.71. The summed E-state index contributed by atoms with van der Waals surface area (Å²) in [4.78, 5) is 18.7. The van der Waals surface area contributed by atoms with Crippen LogP contribution in [-0.2, 0) is 6.42 Å². The van der Waals surface area contributed by atoms with Crippen molar-refractivity contribution >= 4 is 23.2 Å². The van der Waals surface area contributed by atoms with Crippen LogP contribution >= 0.6 is 0 Å². The monoisotopic (exact) mass is 378 g/mol. The number of carbonyl (C=O) groups is 1. The molecule has 8 heteroatoms. The molecular weight excluding hydrogens is 356 g/mol. The molecule has 0 bridgehead atoms. The van der Waals surface area contributed by atoms with Gasteiger partial charge in [0.2, 0.25) is 0 Å². The van der Waals surface area contributed by atoms with Gasteiger partial charge in [-0.25, -0.2) is 14.3 Å². The summed E-state index contributed by atoms with van der Waals surface area (Å²) in [5, 5.41) is 10.9. The number of nitrogens with one attached hydrogen (secondary N) is 2. The van der Waals surface area contributed by atoms with E-state index >= 15 is 0 Å². The Labute approximate surface area is 162 Å². The van der Waals surface area contributed by atoms with E-state index in [0.29, 0.717) is 13.1 Å². The fraction of sp³-hybridized carbons (Fsp3) is 0.350. The summed E-state index contributed by atoms with van der Waals surface area (Å²) in [6, 6.07) is 9.81. The van der Waals surface area contributed by atoms with Gasteiger partial charge in [0, 0.05) is 37.2 Å². The molecule has 3 aromatic rings. The third-order valence-corrected chi connectivity index (χ3v) is 5.24. The lowest BCUT2D eigenvalue weighted by atomic mass is 10.1. The number of benzene rings is 1. The molecule has 0 saturated carbocycles. The molecule has 28 heavy (non-hydrogen) atoms. The zero-order chi connectivity index (χ0) is 18.9. The smallest absolute Gasteiger partial charge is 0.321 e.